The Labute approximate surface area is 279 Å². The van der Waals surface area contributed by atoms with Gasteiger partial charge in [0.05, 0.1) is 5.92 Å². The van der Waals surface area contributed by atoms with Crippen molar-refractivity contribution in [3.63, 3.8) is 0 Å². The van der Waals surface area contributed by atoms with Crippen molar-refractivity contribution in [3.8, 4) is 0 Å². The predicted octanol–water partition coefficient (Wildman–Crippen LogP) is 8.20. The average molecular weight is 630 g/mol. The molecule has 1 unspecified atom stereocenters. The molecule has 6 heteroatoms. The standard InChI is InChI=1S/C40H59N3O3/c1-6-7-8-9-10-11-12-13-14-15-16-17-18-19-20-21-22-23-24-25-38(45)43-40(5,33-44)42-31-30-41-39(46)35(4)37-28-26-36(27-29-37)32-34(2)3/h7-8,10-11,13-14,16-17,19-20,22-23,26-29,33-35,42H,6,9,12,15,18,21,24-25,30-32H2,1-5H3,(H,41,46)(H,43,45)/t35?,40-/m0/s1. The van der Waals surface area contributed by atoms with Crippen molar-refractivity contribution in [1.82, 2.24) is 16.0 Å². The van der Waals surface area contributed by atoms with Crippen LogP contribution in [0.2, 0.25) is 0 Å². The van der Waals surface area contributed by atoms with Gasteiger partial charge in [-0.25, -0.2) is 0 Å². The van der Waals surface area contributed by atoms with Crippen molar-refractivity contribution in [3.05, 3.63) is 108 Å². The molecule has 0 aliphatic rings. The number of amides is 2. The molecule has 0 aliphatic carbocycles. The molecule has 0 spiro atoms. The monoisotopic (exact) mass is 629 g/mol. The first-order valence-corrected chi connectivity index (χ1v) is 17.0. The number of allylic oxidation sites excluding steroid dienone is 12. The maximum Gasteiger partial charge on any atom is 0.227 e. The molecule has 1 rings (SSSR count). The van der Waals surface area contributed by atoms with E-state index in [-0.39, 0.29) is 24.2 Å². The summed E-state index contributed by atoms with van der Waals surface area (Å²) >= 11 is 0. The summed E-state index contributed by atoms with van der Waals surface area (Å²) in [5.41, 5.74) is 1.04. The molecular formula is C40H59N3O3. The van der Waals surface area contributed by atoms with Gasteiger partial charge in [0.15, 0.2) is 6.29 Å². The summed E-state index contributed by atoms with van der Waals surface area (Å²) in [5.74, 6) is 0.0228. The second-order valence-corrected chi connectivity index (χ2v) is 12.1. The lowest BCUT2D eigenvalue weighted by Gasteiger charge is -2.26. The van der Waals surface area contributed by atoms with E-state index in [2.05, 4.69) is 110 Å². The summed E-state index contributed by atoms with van der Waals surface area (Å²) in [6, 6.07) is 8.19. The van der Waals surface area contributed by atoms with Gasteiger partial charge in [0.2, 0.25) is 11.8 Å². The Morgan fingerprint density at radius 1 is 0.739 bits per heavy atom. The first kappa shape index (κ1) is 40.3. The molecule has 3 N–H and O–H groups in total. The van der Waals surface area contributed by atoms with E-state index >= 15 is 0 Å². The number of carbonyl (C=O) groups is 3. The summed E-state index contributed by atoms with van der Waals surface area (Å²) in [4.78, 5) is 36.8. The number of benzene rings is 1. The van der Waals surface area contributed by atoms with Gasteiger partial charge in [0.25, 0.3) is 0 Å². The quantitative estimate of drug-likeness (QED) is 0.0466. The Kier molecular flexibility index (Phi) is 22.2. The van der Waals surface area contributed by atoms with Gasteiger partial charge < -0.3 is 10.6 Å². The topological polar surface area (TPSA) is 87.3 Å². The van der Waals surface area contributed by atoms with Gasteiger partial charge in [-0.05, 0) is 82.3 Å². The number of carbonyl (C=O) groups excluding carboxylic acids is 3. The summed E-state index contributed by atoms with van der Waals surface area (Å²) in [5, 5.41) is 8.72. The zero-order chi connectivity index (χ0) is 33.9. The molecule has 0 aromatic heterocycles. The molecule has 0 saturated heterocycles. The smallest absolute Gasteiger partial charge is 0.227 e. The summed E-state index contributed by atoms with van der Waals surface area (Å²) in [6.45, 7) is 10.7. The average Bonchev–Trinajstić information content (AvgIpc) is 3.03. The lowest BCUT2D eigenvalue weighted by Crippen LogP contribution is -2.59. The molecule has 252 valence electrons. The minimum absolute atomic E-state index is 0.0772. The van der Waals surface area contributed by atoms with Crippen LogP contribution >= 0.6 is 0 Å². The molecule has 0 fully saturated rings. The van der Waals surface area contributed by atoms with Crippen molar-refractivity contribution in [2.24, 2.45) is 5.92 Å². The van der Waals surface area contributed by atoms with Crippen LogP contribution in [-0.4, -0.2) is 36.9 Å². The first-order valence-electron chi connectivity index (χ1n) is 17.0. The lowest BCUT2D eigenvalue weighted by molar-refractivity contribution is -0.127. The van der Waals surface area contributed by atoms with Crippen molar-refractivity contribution < 1.29 is 14.4 Å². The highest BCUT2D eigenvalue weighted by Crippen LogP contribution is 2.17. The van der Waals surface area contributed by atoms with Gasteiger partial charge in [-0.3, -0.25) is 19.7 Å². The highest BCUT2D eigenvalue weighted by atomic mass is 16.2. The van der Waals surface area contributed by atoms with Crippen LogP contribution in [0.15, 0.2) is 97.2 Å². The molecule has 1 aromatic rings. The molecule has 46 heavy (non-hydrogen) atoms. The number of nitrogens with one attached hydrogen (secondary N) is 3. The Hall–Kier alpha value is -3.77. The fourth-order valence-corrected chi connectivity index (χ4v) is 4.55. The molecule has 6 nitrogen and oxygen atoms in total. The first-order chi connectivity index (χ1) is 22.2. The predicted molar refractivity (Wildman–Crippen MR) is 194 cm³/mol. The van der Waals surface area contributed by atoms with Crippen LogP contribution in [0.5, 0.6) is 0 Å². The molecular weight excluding hydrogens is 570 g/mol. The second kappa shape index (κ2) is 25.4. The third-order valence-corrected chi connectivity index (χ3v) is 7.20. The lowest BCUT2D eigenvalue weighted by atomic mass is 9.96. The van der Waals surface area contributed by atoms with Gasteiger partial charge in [0.1, 0.15) is 5.66 Å². The third kappa shape index (κ3) is 20.3. The van der Waals surface area contributed by atoms with E-state index in [0.29, 0.717) is 31.7 Å². The number of aldehydes is 1. The van der Waals surface area contributed by atoms with Crippen molar-refractivity contribution in [2.75, 3.05) is 13.1 Å². The zero-order valence-corrected chi connectivity index (χ0v) is 29.0. The van der Waals surface area contributed by atoms with Gasteiger partial charge in [-0.2, -0.15) is 0 Å². The fourth-order valence-electron chi connectivity index (χ4n) is 4.55. The van der Waals surface area contributed by atoms with Gasteiger partial charge in [-0.15, -0.1) is 0 Å². The van der Waals surface area contributed by atoms with E-state index in [4.69, 9.17) is 0 Å². The van der Waals surface area contributed by atoms with Crippen molar-refractivity contribution in [1.29, 1.82) is 0 Å². The van der Waals surface area contributed by atoms with E-state index in [0.717, 1.165) is 50.5 Å². The van der Waals surface area contributed by atoms with E-state index in [1.165, 1.54) is 5.56 Å². The Morgan fingerprint density at radius 3 is 1.72 bits per heavy atom. The van der Waals surface area contributed by atoms with Crippen molar-refractivity contribution in [2.45, 2.75) is 104 Å². The second-order valence-electron chi connectivity index (χ2n) is 12.1. The minimum Gasteiger partial charge on any atom is -0.354 e. The molecule has 0 aliphatic heterocycles. The van der Waals surface area contributed by atoms with Crippen LogP contribution in [-0.2, 0) is 20.8 Å². The normalized spacial score (nSPS) is 14.4. The Balaban J connectivity index is 2.21. The van der Waals surface area contributed by atoms with Gasteiger partial charge in [0, 0.05) is 19.5 Å². The highest BCUT2D eigenvalue weighted by Gasteiger charge is 2.24. The molecule has 2 amide bonds. The molecule has 0 heterocycles. The van der Waals surface area contributed by atoms with Crippen LogP contribution in [0, 0.1) is 5.92 Å². The van der Waals surface area contributed by atoms with E-state index < -0.39 is 5.66 Å². The Morgan fingerprint density at radius 2 is 1.24 bits per heavy atom. The summed E-state index contributed by atoms with van der Waals surface area (Å²) in [7, 11) is 0. The number of hydrogen-bond donors (Lipinski definition) is 3. The van der Waals surface area contributed by atoms with E-state index in [1.807, 2.05) is 31.2 Å². The van der Waals surface area contributed by atoms with E-state index in [9.17, 15) is 14.4 Å². The maximum absolute atomic E-state index is 12.6. The van der Waals surface area contributed by atoms with Gasteiger partial charge in [-0.1, -0.05) is 118 Å². The number of hydrogen-bond acceptors (Lipinski definition) is 4. The highest BCUT2D eigenvalue weighted by molar-refractivity contribution is 5.83. The maximum atomic E-state index is 12.6. The van der Waals surface area contributed by atoms with Crippen LogP contribution < -0.4 is 16.0 Å². The molecule has 0 saturated carbocycles. The van der Waals surface area contributed by atoms with Gasteiger partial charge >= 0.3 is 0 Å². The third-order valence-electron chi connectivity index (χ3n) is 7.20. The van der Waals surface area contributed by atoms with E-state index in [1.54, 1.807) is 6.92 Å². The molecule has 0 bridgehead atoms. The largest absolute Gasteiger partial charge is 0.354 e. The summed E-state index contributed by atoms with van der Waals surface area (Å²) < 4.78 is 0. The molecule has 1 aromatic carbocycles. The minimum atomic E-state index is -1.20. The SMILES string of the molecule is CCC=CCC=CCC=CCC=CCC=CCC=CCCC(=O)N[C@@](C)(C=O)NCCNC(=O)C(C)c1ccc(CC(C)C)cc1. The molecule has 0 radical (unpaired) electrons. The van der Waals surface area contributed by atoms with Crippen LogP contribution in [0.1, 0.15) is 103 Å². The summed E-state index contributed by atoms with van der Waals surface area (Å²) in [6.07, 6.45) is 34.1. The van der Waals surface area contributed by atoms with Crippen LogP contribution in [0.4, 0.5) is 0 Å². The number of rotatable bonds is 24. The van der Waals surface area contributed by atoms with Crippen molar-refractivity contribution >= 4 is 18.1 Å². The van der Waals surface area contributed by atoms with Crippen LogP contribution in [0.25, 0.3) is 0 Å². The van der Waals surface area contributed by atoms with Crippen LogP contribution in [0.3, 0.4) is 0 Å². The Bertz CT molecular complexity index is 1170. The fraction of sp³-hybridized carbons (Fsp3) is 0.475. The zero-order valence-electron chi connectivity index (χ0n) is 29.0. The molecule has 2 atom stereocenters.